The fraction of sp³-hybridized carbons (Fsp3) is 0.200. The van der Waals surface area contributed by atoms with Gasteiger partial charge in [0.15, 0.2) is 18.1 Å². The van der Waals surface area contributed by atoms with Crippen molar-refractivity contribution in [2.75, 3.05) is 13.7 Å². The van der Waals surface area contributed by atoms with Gasteiger partial charge in [-0.1, -0.05) is 30.3 Å². The van der Waals surface area contributed by atoms with Crippen LogP contribution in [0.5, 0.6) is 0 Å². The minimum absolute atomic E-state index is 0.0291. The average molecular weight is 344 g/mol. The highest BCUT2D eigenvalue weighted by molar-refractivity contribution is 6.15. The molecule has 0 aliphatic heterocycles. The van der Waals surface area contributed by atoms with Crippen LogP contribution in [0.1, 0.15) is 11.4 Å². The molecule has 130 valence electrons. The largest absolute Gasteiger partial charge is 0.451 e. The van der Waals surface area contributed by atoms with Crippen LogP contribution in [-0.2, 0) is 14.3 Å². The molecule has 0 spiro atoms. The molecule has 10 heteroatoms. The molecule has 1 aromatic carbocycles. The second-order valence-electron chi connectivity index (χ2n) is 4.78. The third-order valence-corrected chi connectivity index (χ3v) is 2.98. The van der Waals surface area contributed by atoms with Gasteiger partial charge >= 0.3 is 12.0 Å². The molecule has 2 N–H and O–H groups in total. The number of amides is 3. The normalized spacial score (nSPS) is 10.9. The molecule has 0 radical (unpaired) electrons. The predicted molar refractivity (Wildman–Crippen MR) is 86.7 cm³/mol. The summed E-state index contributed by atoms with van der Waals surface area (Å²) < 4.78 is 6.15. The Labute approximate surface area is 142 Å². The Hall–Kier alpha value is -3.56. The van der Waals surface area contributed by atoms with Crippen LogP contribution in [0.3, 0.4) is 0 Å². The lowest BCUT2D eigenvalue weighted by molar-refractivity contribution is -0.142. The van der Waals surface area contributed by atoms with E-state index in [1.807, 2.05) is 11.4 Å². The summed E-state index contributed by atoms with van der Waals surface area (Å²) in [5.41, 5.74) is 0.751. The summed E-state index contributed by atoms with van der Waals surface area (Å²) in [4.78, 5) is 35.0. The van der Waals surface area contributed by atoms with E-state index in [0.717, 1.165) is 5.56 Å². The summed E-state index contributed by atoms with van der Waals surface area (Å²) in [6.45, 7) is 0.990. The lowest BCUT2D eigenvalue weighted by Crippen LogP contribution is -2.39. The lowest BCUT2D eigenvalue weighted by Gasteiger charge is -2.09. The van der Waals surface area contributed by atoms with Gasteiger partial charge in [-0.3, -0.25) is 10.1 Å². The minimum Gasteiger partial charge on any atom is -0.451 e. The molecule has 2 rings (SSSR count). The van der Waals surface area contributed by atoms with Crippen LogP contribution >= 0.6 is 0 Å². The number of nitrogens with zero attached hydrogens (tertiary/aromatic N) is 4. The van der Waals surface area contributed by atoms with E-state index >= 15 is 0 Å². The van der Waals surface area contributed by atoms with E-state index in [0.29, 0.717) is 5.82 Å². The second kappa shape index (κ2) is 8.34. The molecular formula is C15H16N6O4. The van der Waals surface area contributed by atoms with E-state index in [2.05, 4.69) is 20.8 Å². The average Bonchev–Trinajstić information content (AvgIpc) is 3.04. The number of carbonyl (C=O) groups is 3. The maximum absolute atomic E-state index is 12.4. The van der Waals surface area contributed by atoms with E-state index in [-0.39, 0.29) is 5.70 Å². The molecule has 10 nitrogen and oxygen atoms in total. The summed E-state index contributed by atoms with van der Waals surface area (Å²) in [6, 6.07) is 8.31. The van der Waals surface area contributed by atoms with Crippen LogP contribution in [0.4, 0.5) is 4.79 Å². The zero-order valence-electron chi connectivity index (χ0n) is 13.6. The van der Waals surface area contributed by atoms with Gasteiger partial charge in [-0.05, 0) is 29.0 Å². The SMILES string of the molecule is CNC(=O)NC(=O)COC(=O)/C(=C/c1ccccc1)n1nnnc1C. The zero-order chi connectivity index (χ0) is 18.2. The molecule has 0 unspecified atom stereocenters. The van der Waals surface area contributed by atoms with Crippen molar-refractivity contribution in [3.05, 3.63) is 41.7 Å². The maximum Gasteiger partial charge on any atom is 0.357 e. The van der Waals surface area contributed by atoms with Crippen molar-refractivity contribution in [1.82, 2.24) is 30.8 Å². The number of aryl methyl sites for hydroxylation is 1. The quantitative estimate of drug-likeness (QED) is 0.576. The van der Waals surface area contributed by atoms with E-state index in [1.54, 1.807) is 31.2 Å². The number of nitrogens with one attached hydrogen (secondary N) is 2. The number of esters is 1. The highest BCUT2D eigenvalue weighted by Crippen LogP contribution is 2.13. The number of hydrogen-bond donors (Lipinski definition) is 2. The summed E-state index contributed by atoms with van der Waals surface area (Å²) in [6.07, 6.45) is 1.53. The van der Waals surface area contributed by atoms with Crippen LogP contribution < -0.4 is 10.6 Å². The van der Waals surface area contributed by atoms with Gasteiger partial charge in [-0.25, -0.2) is 9.59 Å². The number of tetrazole rings is 1. The molecule has 1 aromatic heterocycles. The maximum atomic E-state index is 12.4. The predicted octanol–water partition coefficient (Wildman–Crippen LogP) is -0.0216. The molecule has 0 saturated carbocycles. The summed E-state index contributed by atoms with van der Waals surface area (Å²) >= 11 is 0. The van der Waals surface area contributed by atoms with Gasteiger partial charge in [0.25, 0.3) is 5.91 Å². The Morgan fingerprint density at radius 2 is 1.96 bits per heavy atom. The number of aromatic nitrogens is 4. The van der Waals surface area contributed by atoms with Crippen molar-refractivity contribution in [3.8, 4) is 0 Å². The molecule has 2 aromatic rings. The van der Waals surface area contributed by atoms with Crippen LogP contribution in [0.15, 0.2) is 30.3 Å². The molecule has 0 atom stereocenters. The molecule has 1 heterocycles. The molecule has 0 aliphatic carbocycles. The Kier molecular flexibility index (Phi) is 5.93. The number of rotatable bonds is 5. The summed E-state index contributed by atoms with van der Waals surface area (Å²) in [7, 11) is 1.36. The number of benzene rings is 1. The second-order valence-corrected chi connectivity index (χ2v) is 4.78. The molecule has 0 saturated heterocycles. The van der Waals surface area contributed by atoms with Crippen LogP contribution in [0.2, 0.25) is 0 Å². The molecular weight excluding hydrogens is 328 g/mol. The first kappa shape index (κ1) is 17.8. The monoisotopic (exact) mass is 344 g/mol. The van der Waals surface area contributed by atoms with Crippen molar-refractivity contribution in [1.29, 1.82) is 0 Å². The minimum atomic E-state index is -0.814. The fourth-order valence-electron chi connectivity index (χ4n) is 1.80. The topological polar surface area (TPSA) is 128 Å². The molecule has 0 aliphatic rings. The summed E-state index contributed by atoms with van der Waals surface area (Å²) in [5, 5.41) is 15.2. The highest BCUT2D eigenvalue weighted by Gasteiger charge is 2.19. The number of imide groups is 1. The van der Waals surface area contributed by atoms with Gasteiger partial charge in [0, 0.05) is 7.05 Å². The first-order valence-electron chi connectivity index (χ1n) is 7.22. The number of urea groups is 1. The number of ether oxygens (including phenoxy) is 1. The molecule has 25 heavy (non-hydrogen) atoms. The molecule has 3 amide bonds. The van der Waals surface area contributed by atoms with Gasteiger partial charge in [0.1, 0.15) is 0 Å². The fourth-order valence-corrected chi connectivity index (χ4v) is 1.80. The Morgan fingerprint density at radius 1 is 1.24 bits per heavy atom. The standard InChI is InChI=1S/C15H16N6O4/c1-10-18-19-20-21(10)12(8-11-6-4-3-5-7-11)14(23)25-9-13(22)17-15(24)16-2/h3-8H,9H2,1-2H3,(H2,16,17,22,24)/b12-8-. The third kappa shape index (κ3) is 4.96. The van der Waals surface area contributed by atoms with E-state index in [1.165, 1.54) is 17.8 Å². The van der Waals surface area contributed by atoms with Gasteiger partial charge in [0.05, 0.1) is 0 Å². The number of carbonyl (C=O) groups excluding carboxylic acids is 3. The van der Waals surface area contributed by atoms with Gasteiger partial charge in [-0.15, -0.1) is 5.10 Å². The molecule has 0 bridgehead atoms. The summed E-state index contributed by atoms with van der Waals surface area (Å²) in [5.74, 6) is -1.21. The van der Waals surface area contributed by atoms with Crippen molar-refractivity contribution in [2.45, 2.75) is 6.92 Å². The van der Waals surface area contributed by atoms with Crippen molar-refractivity contribution in [3.63, 3.8) is 0 Å². The van der Waals surface area contributed by atoms with Crippen LogP contribution in [-0.4, -0.2) is 51.8 Å². The lowest BCUT2D eigenvalue weighted by atomic mass is 10.2. The first-order valence-corrected chi connectivity index (χ1v) is 7.22. The Morgan fingerprint density at radius 3 is 2.56 bits per heavy atom. The third-order valence-electron chi connectivity index (χ3n) is 2.98. The van der Waals surface area contributed by atoms with E-state index in [9.17, 15) is 14.4 Å². The van der Waals surface area contributed by atoms with Gasteiger partial charge in [-0.2, -0.15) is 4.68 Å². The van der Waals surface area contributed by atoms with E-state index in [4.69, 9.17) is 4.74 Å². The smallest absolute Gasteiger partial charge is 0.357 e. The van der Waals surface area contributed by atoms with Gasteiger partial charge in [0.2, 0.25) is 0 Å². The van der Waals surface area contributed by atoms with Crippen LogP contribution in [0.25, 0.3) is 11.8 Å². The van der Waals surface area contributed by atoms with Crippen LogP contribution in [0, 0.1) is 6.92 Å². The van der Waals surface area contributed by atoms with Crippen molar-refractivity contribution < 1.29 is 19.1 Å². The van der Waals surface area contributed by atoms with Gasteiger partial charge < -0.3 is 10.1 Å². The highest BCUT2D eigenvalue weighted by atomic mass is 16.5. The molecule has 0 fully saturated rings. The Balaban J connectivity index is 2.17. The number of hydrogen-bond acceptors (Lipinski definition) is 7. The zero-order valence-corrected chi connectivity index (χ0v) is 13.6. The van der Waals surface area contributed by atoms with Crippen molar-refractivity contribution in [2.24, 2.45) is 0 Å². The van der Waals surface area contributed by atoms with Crippen molar-refractivity contribution >= 4 is 29.7 Å². The van der Waals surface area contributed by atoms with E-state index < -0.39 is 24.5 Å². The Bertz CT molecular complexity index is 799. The first-order chi connectivity index (χ1) is 12.0.